The summed E-state index contributed by atoms with van der Waals surface area (Å²) in [6.45, 7) is 0.403. The van der Waals surface area contributed by atoms with Crippen molar-refractivity contribution in [2.45, 2.75) is 62.6 Å². The zero-order valence-electron chi connectivity index (χ0n) is 12.2. The monoisotopic (exact) mass is 291 g/mol. The molecule has 1 aromatic rings. The van der Waals surface area contributed by atoms with Crippen LogP contribution in [0.3, 0.4) is 0 Å². The van der Waals surface area contributed by atoms with Gasteiger partial charge in [0, 0.05) is 18.4 Å². The Morgan fingerprint density at radius 2 is 1.71 bits per heavy atom. The van der Waals surface area contributed by atoms with Crippen LogP contribution in [-0.2, 0) is 5.41 Å². The third kappa shape index (κ3) is 1.89. The van der Waals surface area contributed by atoms with Crippen LogP contribution in [0.1, 0.15) is 62.7 Å². The van der Waals surface area contributed by atoms with Gasteiger partial charge in [-0.3, -0.25) is 0 Å². The number of halogens is 1. The molecule has 1 aliphatic heterocycles. The third-order valence-electron chi connectivity index (χ3n) is 6.33. The topological polar surface area (TPSA) is 51.0 Å². The minimum absolute atomic E-state index is 0.0878. The average molecular weight is 291 g/mol. The van der Waals surface area contributed by atoms with Crippen LogP contribution >= 0.6 is 0 Å². The first-order valence-electron chi connectivity index (χ1n) is 8.42. The van der Waals surface area contributed by atoms with Crippen molar-refractivity contribution in [3.05, 3.63) is 11.7 Å². The van der Waals surface area contributed by atoms with Gasteiger partial charge < -0.3 is 9.84 Å². The molecular formula is C16H22FN3O. The molecule has 1 saturated heterocycles. The molecule has 2 heterocycles. The molecule has 0 amide bonds. The van der Waals surface area contributed by atoms with Crippen molar-refractivity contribution in [2.75, 3.05) is 6.54 Å². The maximum Gasteiger partial charge on any atom is 0.243 e. The molecule has 4 bridgehead atoms. The lowest BCUT2D eigenvalue weighted by Gasteiger charge is -2.55. The molecule has 1 aromatic heterocycles. The van der Waals surface area contributed by atoms with E-state index in [0.29, 0.717) is 18.9 Å². The summed E-state index contributed by atoms with van der Waals surface area (Å²) in [5, 5.41) is 7.47. The lowest BCUT2D eigenvalue weighted by Crippen LogP contribution is -2.49. The zero-order valence-corrected chi connectivity index (χ0v) is 12.2. The lowest BCUT2D eigenvalue weighted by molar-refractivity contribution is -0.0103. The largest absolute Gasteiger partial charge is 0.338 e. The maximum absolute atomic E-state index is 13.3. The molecule has 4 saturated carbocycles. The Bertz CT molecular complexity index is 522. The maximum atomic E-state index is 13.3. The van der Waals surface area contributed by atoms with Crippen LogP contribution < -0.4 is 5.32 Å². The van der Waals surface area contributed by atoms with E-state index in [0.717, 1.165) is 23.6 Å². The Morgan fingerprint density at radius 1 is 1.05 bits per heavy atom. The summed E-state index contributed by atoms with van der Waals surface area (Å²) < 4.78 is 18.8. The molecule has 4 nitrogen and oxygen atoms in total. The first kappa shape index (κ1) is 12.6. The van der Waals surface area contributed by atoms with E-state index < -0.39 is 6.17 Å². The van der Waals surface area contributed by atoms with Crippen LogP contribution in [0.2, 0.25) is 0 Å². The van der Waals surface area contributed by atoms with E-state index in [1.54, 1.807) is 0 Å². The molecule has 0 unspecified atom stereocenters. The molecule has 0 radical (unpaired) electrons. The van der Waals surface area contributed by atoms with Gasteiger partial charge in [-0.1, -0.05) is 5.16 Å². The number of alkyl halides is 1. The van der Waals surface area contributed by atoms with Crippen molar-refractivity contribution < 1.29 is 8.91 Å². The molecule has 1 N–H and O–H groups in total. The molecule has 5 heteroatoms. The quantitative estimate of drug-likeness (QED) is 0.910. The molecule has 6 rings (SSSR count). The lowest BCUT2D eigenvalue weighted by atomic mass is 9.49. The predicted octanol–water partition coefficient (Wildman–Crippen LogP) is 2.91. The average Bonchev–Trinajstić information content (AvgIpc) is 3.05. The highest BCUT2D eigenvalue weighted by Gasteiger charge is 2.54. The normalized spacial score (nSPS) is 48.1. The van der Waals surface area contributed by atoms with Crippen LogP contribution in [-0.4, -0.2) is 22.9 Å². The predicted molar refractivity (Wildman–Crippen MR) is 74.4 cm³/mol. The second kappa shape index (κ2) is 4.28. The van der Waals surface area contributed by atoms with E-state index >= 15 is 0 Å². The summed E-state index contributed by atoms with van der Waals surface area (Å²) in [5.74, 6) is 4.13. The first-order chi connectivity index (χ1) is 10.2. The standard InChI is InChI=1S/C16H22FN3O/c17-12-4-13(18-8-12)14-19-15(20-21-14)16-5-9-1-10(6-16)3-11(2-9)7-16/h9-13,18H,1-8H2/t9?,10?,11?,12-,13+,16?/m0/s1. The number of rotatable bonds is 2. The number of nitrogens with one attached hydrogen (secondary N) is 1. The highest BCUT2D eigenvalue weighted by Crippen LogP contribution is 2.60. The third-order valence-corrected chi connectivity index (χ3v) is 6.33. The second-order valence-electron chi connectivity index (χ2n) is 7.95. The number of hydrogen-bond donors (Lipinski definition) is 1. The van der Waals surface area contributed by atoms with E-state index in [2.05, 4.69) is 10.5 Å². The van der Waals surface area contributed by atoms with E-state index in [1.807, 2.05) is 0 Å². The SMILES string of the molecule is F[C@@H]1CN[C@@H](c2nc(C34CC5CC(CC(C5)C3)C4)no2)C1. The van der Waals surface area contributed by atoms with Crippen molar-refractivity contribution in [2.24, 2.45) is 17.8 Å². The Labute approximate surface area is 123 Å². The van der Waals surface area contributed by atoms with Gasteiger partial charge in [0.05, 0.1) is 6.04 Å². The van der Waals surface area contributed by atoms with E-state index in [-0.39, 0.29) is 11.5 Å². The fourth-order valence-electron chi connectivity index (χ4n) is 5.86. The van der Waals surface area contributed by atoms with Gasteiger partial charge >= 0.3 is 0 Å². The van der Waals surface area contributed by atoms with Crippen LogP contribution in [0.25, 0.3) is 0 Å². The Hall–Kier alpha value is -0.970. The summed E-state index contributed by atoms with van der Waals surface area (Å²) in [7, 11) is 0. The van der Waals surface area contributed by atoms with E-state index in [9.17, 15) is 4.39 Å². The Balaban J connectivity index is 1.44. The molecule has 4 aliphatic carbocycles. The molecule has 5 fully saturated rings. The number of hydrogen-bond acceptors (Lipinski definition) is 4. The number of aromatic nitrogens is 2. The van der Waals surface area contributed by atoms with Crippen LogP contribution in [0, 0.1) is 17.8 Å². The van der Waals surface area contributed by atoms with Crippen molar-refractivity contribution in [1.82, 2.24) is 15.5 Å². The van der Waals surface area contributed by atoms with Crippen molar-refractivity contribution in [3.8, 4) is 0 Å². The fourth-order valence-corrected chi connectivity index (χ4v) is 5.86. The minimum Gasteiger partial charge on any atom is -0.338 e. The molecule has 0 spiro atoms. The molecule has 0 aromatic carbocycles. The van der Waals surface area contributed by atoms with E-state index in [4.69, 9.17) is 9.51 Å². The summed E-state index contributed by atoms with van der Waals surface area (Å²) in [6, 6.07) is -0.0878. The summed E-state index contributed by atoms with van der Waals surface area (Å²) in [4.78, 5) is 4.71. The van der Waals surface area contributed by atoms with Gasteiger partial charge in [-0.05, 0) is 56.3 Å². The van der Waals surface area contributed by atoms with Crippen molar-refractivity contribution >= 4 is 0 Å². The Kier molecular flexibility index (Phi) is 2.56. The van der Waals surface area contributed by atoms with Crippen molar-refractivity contribution in [3.63, 3.8) is 0 Å². The van der Waals surface area contributed by atoms with E-state index in [1.165, 1.54) is 38.5 Å². The summed E-state index contributed by atoms with van der Waals surface area (Å²) in [5.41, 5.74) is 0.171. The van der Waals surface area contributed by atoms with Crippen LogP contribution in [0.15, 0.2) is 4.52 Å². The van der Waals surface area contributed by atoms with Crippen LogP contribution in [0.4, 0.5) is 4.39 Å². The fraction of sp³-hybridized carbons (Fsp3) is 0.875. The molecular weight excluding hydrogens is 269 g/mol. The van der Waals surface area contributed by atoms with Gasteiger partial charge in [-0.15, -0.1) is 0 Å². The highest BCUT2D eigenvalue weighted by atomic mass is 19.1. The minimum atomic E-state index is -0.787. The number of nitrogens with zero attached hydrogens (tertiary/aromatic N) is 2. The zero-order chi connectivity index (χ0) is 14.0. The Morgan fingerprint density at radius 3 is 2.29 bits per heavy atom. The van der Waals surface area contributed by atoms with Gasteiger partial charge in [0.2, 0.25) is 5.89 Å². The summed E-state index contributed by atoms with van der Waals surface area (Å²) >= 11 is 0. The molecule has 21 heavy (non-hydrogen) atoms. The van der Waals surface area contributed by atoms with Crippen LogP contribution in [0.5, 0.6) is 0 Å². The first-order valence-corrected chi connectivity index (χ1v) is 8.42. The highest BCUT2D eigenvalue weighted by molar-refractivity contribution is 5.17. The van der Waals surface area contributed by atoms with Gasteiger partial charge in [-0.2, -0.15) is 4.98 Å². The summed E-state index contributed by atoms with van der Waals surface area (Å²) in [6.07, 6.45) is 7.63. The molecule has 5 aliphatic rings. The second-order valence-corrected chi connectivity index (χ2v) is 7.95. The van der Waals surface area contributed by atoms with Gasteiger partial charge in [0.15, 0.2) is 5.82 Å². The smallest absolute Gasteiger partial charge is 0.243 e. The van der Waals surface area contributed by atoms with Gasteiger partial charge in [0.25, 0.3) is 0 Å². The molecule has 2 atom stereocenters. The molecule has 114 valence electrons. The van der Waals surface area contributed by atoms with Gasteiger partial charge in [-0.25, -0.2) is 4.39 Å². The van der Waals surface area contributed by atoms with Crippen molar-refractivity contribution in [1.29, 1.82) is 0 Å². The van der Waals surface area contributed by atoms with Gasteiger partial charge in [0.1, 0.15) is 6.17 Å².